The lowest BCUT2D eigenvalue weighted by Crippen LogP contribution is -2.30. The van der Waals surface area contributed by atoms with Crippen LogP contribution in [0.1, 0.15) is 12.0 Å². The maximum absolute atomic E-state index is 11.8. The van der Waals surface area contributed by atoms with E-state index in [4.69, 9.17) is 4.74 Å². The second-order valence-corrected chi connectivity index (χ2v) is 5.17. The Labute approximate surface area is 139 Å². The average molecular weight is 329 g/mol. The minimum absolute atomic E-state index is 0.143. The van der Waals surface area contributed by atoms with Gasteiger partial charge in [-0.05, 0) is 31.5 Å². The molecule has 0 atom stereocenters. The summed E-state index contributed by atoms with van der Waals surface area (Å²) in [5.74, 6) is 0.782. The van der Waals surface area contributed by atoms with Crippen LogP contribution in [0.5, 0.6) is 5.75 Å². The molecule has 0 bridgehead atoms. The standard InChI is InChI=1S/C17H19N3O4/c1-13-7-9-14(10-8-13)24-12-4-11-18-17(21)19-15-5-2-3-6-16(15)20(22)23/h2-3,5-10H,4,11-12H2,1H3,(H2,18,19,21). The summed E-state index contributed by atoms with van der Waals surface area (Å²) in [7, 11) is 0. The second-order valence-electron chi connectivity index (χ2n) is 5.17. The molecule has 24 heavy (non-hydrogen) atoms. The van der Waals surface area contributed by atoms with Gasteiger partial charge in [-0.3, -0.25) is 10.1 Å². The minimum atomic E-state index is -0.537. The number of benzene rings is 2. The zero-order valence-electron chi connectivity index (χ0n) is 13.3. The van der Waals surface area contributed by atoms with Crippen LogP contribution in [0, 0.1) is 17.0 Å². The number of ether oxygens (including phenoxy) is 1. The minimum Gasteiger partial charge on any atom is -0.494 e. The number of nitrogens with one attached hydrogen (secondary N) is 2. The number of urea groups is 1. The first-order valence-electron chi connectivity index (χ1n) is 7.54. The summed E-state index contributed by atoms with van der Waals surface area (Å²) in [5.41, 5.74) is 1.18. The predicted octanol–water partition coefficient (Wildman–Crippen LogP) is 3.49. The van der Waals surface area contributed by atoms with Crippen LogP contribution in [0.3, 0.4) is 0 Å². The average Bonchev–Trinajstić information content (AvgIpc) is 2.56. The number of carbonyl (C=O) groups is 1. The second kappa shape index (κ2) is 8.52. The SMILES string of the molecule is Cc1ccc(OCCCNC(=O)Nc2ccccc2[N+](=O)[O-])cc1. The van der Waals surface area contributed by atoms with Crippen LogP contribution in [0.25, 0.3) is 0 Å². The first kappa shape index (κ1) is 17.3. The van der Waals surface area contributed by atoms with Crippen molar-refractivity contribution in [2.45, 2.75) is 13.3 Å². The van der Waals surface area contributed by atoms with Gasteiger partial charge in [0.15, 0.2) is 0 Å². The summed E-state index contributed by atoms with van der Waals surface area (Å²) in [6.45, 7) is 2.87. The number of carbonyl (C=O) groups excluding carboxylic acids is 1. The van der Waals surface area contributed by atoms with E-state index in [1.165, 1.54) is 12.1 Å². The van der Waals surface area contributed by atoms with Crippen LogP contribution < -0.4 is 15.4 Å². The number of para-hydroxylation sites is 2. The molecule has 0 aliphatic carbocycles. The molecular weight excluding hydrogens is 310 g/mol. The predicted molar refractivity (Wildman–Crippen MR) is 91.4 cm³/mol. The van der Waals surface area contributed by atoms with Crippen molar-refractivity contribution in [1.29, 1.82) is 0 Å². The van der Waals surface area contributed by atoms with Crippen LogP contribution in [0.2, 0.25) is 0 Å². The molecule has 2 amide bonds. The largest absolute Gasteiger partial charge is 0.494 e. The van der Waals surface area contributed by atoms with Crippen LogP contribution >= 0.6 is 0 Å². The van der Waals surface area contributed by atoms with Gasteiger partial charge in [0.05, 0.1) is 11.5 Å². The Kier molecular flexibility index (Phi) is 6.13. The van der Waals surface area contributed by atoms with Gasteiger partial charge in [0.2, 0.25) is 0 Å². The fourth-order valence-electron chi connectivity index (χ4n) is 2.00. The molecule has 7 heteroatoms. The van der Waals surface area contributed by atoms with Gasteiger partial charge in [-0.15, -0.1) is 0 Å². The number of rotatable bonds is 7. The van der Waals surface area contributed by atoms with E-state index in [1.54, 1.807) is 12.1 Å². The summed E-state index contributed by atoms with van der Waals surface area (Å²) in [4.78, 5) is 22.1. The van der Waals surface area contributed by atoms with Gasteiger partial charge in [0, 0.05) is 12.6 Å². The number of nitro benzene ring substituents is 1. The molecule has 0 aliphatic rings. The monoisotopic (exact) mass is 329 g/mol. The zero-order valence-corrected chi connectivity index (χ0v) is 13.3. The molecule has 0 fully saturated rings. The first-order valence-corrected chi connectivity index (χ1v) is 7.54. The molecule has 2 N–H and O–H groups in total. The van der Waals surface area contributed by atoms with E-state index in [9.17, 15) is 14.9 Å². The molecule has 0 aliphatic heterocycles. The summed E-state index contributed by atoms with van der Waals surface area (Å²) in [6, 6.07) is 13.2. The van der Waals surface area contributed by atoms with Crippen molar-refractivity contribution < 1.29 is 14.5 Å². The molecule has 0 saturated heterocycles. The highest BCUT2D eigenvalue weighted by Gasteiger charge is 2.14. The quantitative estimate of drug-likeness (QED) is 0.462. The number of anilines is 1. The molecule has 0 spiro atoms. The molecule has 7 nitrogen and oxygen atoms in total. The number of hydrogen-bond acceptors (Lipinski definition) is 4. The van der Waals surface area contributed by atoms with E-state index in [1.807, 2.05) is 31.2 Å². The molecule has 0 aromatic heterocycles. The lowest BCUT2D eigenvalue weighted by atomic mass is 10.2. The van der Waals surface area contributed by atoms with Crippen molar-refractivity contribution in [3.63, 3.8) is 0 Å². The van der Waals surface area contributed by atoms with E-state index < -0.39 is 11.0 Å². The maximum Gasteiger partial charge on any atom is 0.319 e. The number of nitrogens with zero attached hydrogens (tertiary/aromatic N) is 1. The Morgan fingerprint density at radius 2 is 1.88 bits per heavy atom. The number of hydrogen-bond donors (Lipinski definition) is 2. The lowest BCUT2D eigenvalue weighted by molar-refractivity contribution is -0.383. The van der Waals surface area contributed by atoms with Gasteiger partial charge >= 0.3 is 6.03 Å². The Hall–Kier alpha value is -3.09. The third-order valence-electron chi connectivity index (χ3n) is 3.25. The van der Waals surface area contributed by atoms with Crippen molar-refractivity contribution in [2.75, 3.05) is 18.5 Å². The van der Waals surface area contributed by atoms with Crippen molar-refractivity contribution in [2.24, 2.45) is 0 Å². The van der Waals surface area contributed by atoms with E-state index in [0.717, 1.165) is 11.3 Å². The van der Waals surface area contributed by atoms with Gasteiger partial charge in [-0.2, -0.15) is 0 Å². The third-order valence-corrected chi connectivity index (χ3v) is 3.25. The topological polar surface area (TPSA) is 93.5 Å². The van der Waals surface area contributed by atoms with Crippen molar-refractivity contribution in [3.05, 3.63) is 64.2 Å². The Morgan fingerprint density at radius 1 is 1.17 bits per heavy atom. The van der Waals surface area contributed by atoms with Crippen molar-refractivity contribution in [1.82, 2.24) is 5.32 Å². The molecular formula is C17H19N3O4. The van der Waals surface area contributed by atoms with E-state index in [-0.39, 0.29) is 11.4 Å². The molecule has 0 heterocycles. The highest BCUT2D eigenvalue weighted by molar-refractivity contribution is 5.91. The summed E-state index contributed by atoms with van der Waals surface area (Å²) >= 11 is 0. The molecule has 0 radical (unpaired) electrons. The zero-order chi connectivity index (χ0) is 17.4. The fraction of sp³-hybridized carbons (Fsp3) is 0.235. The molecule has 2 rings (SSSR count). The van der Waals surface area contributed by atoms with E-state index in [2.05, 4.69) is 10.6 Å². The van der Waals surface area contributed by atoms with E-state index in [0.29, 0.717) is 19.6 Å². The highest BCUT2D eigenvalue weighted by Crippen LogP contribution is 2.22. The number of amides is 2. The van der Waals surface area contributed by atoms with Gasteiger partial charge in [-0.25, -0.2) is 4.79 Å². The summed E-state index contributed by atoms with van der Waals surface area (Å²) < 4.78 is 5.55. The van der Waals surface area contributed by atoms with Crippen molar-refractivity contribution >= 4 is 17.4 Å². The van der Waals surface area contributed by atoms with Crippen LogP contribution in [-0.2, 0) is 0 Å². The third kappa shape index (κ3) is 5.28. The van der Waals surface area contributed by atoms with Gasteiger partial charge in [0.25, 0.3) is 5.69 Å². The lowest BCUT2D eigenvalue weighted by Gasteiger charge is -2.09. The van der Waals surface area contributed by atoms with Crippen LogP contribution in [-0.4, -0.2) is 24.1 Å². The molecule has 0 saturated carbocycles. The number of aryl methyl sites for hydroxylation is 1. The van der Waals surface area contributed by atoms with Crippen LogP contribution in [0.15, 0.2) is 48.5 Å². The van der Waals surface area contributed by atoms with Crippen LogP contribution in [0.4, 0.5) is 16.2 Å². The summed E-state index contributed by atoms with van der Waals surface area (Å²) in [6.07, 6.45) is 0.623. The number of nitro groups is 1. The molecule has 0 unspecified atom stereocenters. The normalized spacial score (nSPS) is 10.0. The Balaban J connectivity index is 1.70. The summed E-state index contributed by atoms with van der Waals surface area (Å²) in [5, 5.41) is 16.0. The van der Waals surface area contributed by atoms with Crippen molar-refractivity contribution in [3.8, 4) is 5.75 Å². The maximum atomic E-state index is 11.8. The smallest absolute Gasteiger partial charge is 0.319 e. The van der Waals surface area contributed by atoms with Gasteiger partial charge in [-0.1, -0.05) is 29.8 Å². The molecule has 2 aromatic carbocycles. The molecule has 2 aromatic rings. The Morgan fingerprint density at radius 3 is 2.58 bits per heavy atom. The van der Waals surface area contributed by atoms with Gasteiger partial charge < -0.3 is 15.4 Å². The first-order chi connectivity index (χ1) is 11.6. The highest BCUT2D eigenvalue weighted by atomic mass is 16.6. The van der Waals surface area contributed by atoms with E-state index >= 15 is 0 Å². The fourth-order valence-corrected chi connectivity index (χ4v) is 2.00. The molecule has 126 valence electrons. The van der Waals surface area contributed by atoms with Gasteiger partial charge in [0.1, 0.15) is 11.4 Å². The Bertz CT molecular complexity index is 701.